The smallest absolute Gasteiger partial charge is 0.329 e. The van der Waals surface area contributed by atoms with E-state index in [1.165, 1.54) is 37.6 Å². The number of carbonyl (C=O) groups is 2. The molecular weight excluding hydrogens is 491 g/mol. The van der Waals surface area contributed by atoms with Crippen molar-refractivity contribution in [1.29, 1.82) is 0 Å². The zero-order chi connectivity index (χ0) is 27.0. The Kier molecular flexibility index (Phi) is 10.8. The van der Waals surface area contributed by atoms with Gasteiger partial charge in [-0.15, -0.1) is 0 Å². The van der Waals surface area contributed by atoms with E-state index in [0.717, 1.165) is 12.8 Å². The monoisotopic (exact) mass is 524 g/mol. The van der Waals surface area contributed by atoms with Crippen LogP contribution in [0.4, 0.5) is 4.39 Å². The van der Waals surface area contributed by atoms with Crippen LogP contribution >= 0.6 is 11.6 Å². The van der Waals surface area contributed by atoms with Gasteiger partial charge in [-0.2, -0.15) is 0 Å². The molecule has 0 aliphatic heterocycles. The number of ether oxygens (including phenoxy) is 3. The van der Waals surface area contributed by atoms with Crippen molar-refractivity contribution in [3.63, 3.8) is 0 Å². The van der Waals surface area contributed by atoms with Gasteiger partial charge in [0.25, 0.3) is 5.91 Å². The molecule has 1 amide bonds. The van der Waals surface area contributed by atoms with Crippen LogP contribution in [-0.4, -0.2) is 47.3 Å². The number of nitrogens with zero attached hydrogens (tertiary/aromatic N) is 1. The Morgan fingerprint density at radius 2 is 1.83 bits per heavy atom. The van der Waals surface area contributed by atoms with Gasteiger partial charge < -0.3 is 24.6 Å². The summed E-state index contributed by atoms with van der Waals surface area (Å²) >= 11 is 5.97. The lowest BCUT2D eigenvalue weighted by Crippen LogP contribution is -2.48. The molecule has 2 aromatic rings. The zero-order valence-electron chi connectivity index (χ0n) is 21.4. The minimum Gasteiger partial charge on any atom is -0.503 e. The maximum Gasteiger partial charge on any atom is 0.329 e. The summed E-state index contributed by atoms with van der Waals surface area (Å²) in [6.45, 7) is 9.17. The standard InChI is InChI=1S/C26H34ClFN2O6/c1-7-16(8-2)24(36-19-12-17(27)11-18(28)13-19)15(5)35-26(33)21(14(3)4)30-25(32)22-23(31)20(34-6)9-10-29-22/h9-16,21,24,31H,7-8H2,1-6H3,(H,30,32)/t15-,21-,24-/m0/s1. The molecule has 0 radical (unpaired) electrons. The first-order chi connectivity index (χ1) is 17.0. The molecule has 0 unspecified atom stereocenters. The molecule has 1 aromatic heterocycles. The van der Waals surface area contributed by atoms with Crippen molar-refractivity contribution in [2.75, 3.05) is 7.11 Å². The molecule has 8 nitrogen and oxygen atoms in total. The van der Waals surface area contributed by atoms with E-state index in [1.54, 1.807) is 20.8 Å². The Morgan fingerprint density at radius 1 is 1.17 bits per heavy atom. The van der Waals surface area contributed by atoms with Gasteiger partial charge in [-0.05, 0) is 43.7 Å². The van der Waals surface area contributed by atoms with Crippen LogP contribution in [0, 0.1) is 17.7 Å². The number of amides is 1. The van der Waals surface area contributed by atoms with Gasteiger partial charge in [0.05, 0.1) is 7.11 Å². The van der Waals surface area contributed by atoms with Gasteiger partial charge >= 0.3 is 5.97 Å². The molecule has 0 aliphatic carbocycles. The van der Waals surface area contributed by atoms with Gasteiger partial charge in [0, 0.05) is 23.4 Å². The largest absolute Gasteiger partial charge is 0.503 e. The molecule has 0 saturated carbocycles. The van der Waals surface area contributed by atoms with Crippen molar-refractivity contribution >= 4 is 23.5 Å². The van der Waals surface area contributed by atoms with Crippen LogP contribution in [0.2, 0.25) is 5.02 Å². The van der Waals surface area contributed by atoms with Gasteiger partial charge in [0.1, 0.15) is 29.8 Å². The lowest BCUT2D eigenvalue weighted by atomic mass is 9.93. The molecule has 2 N–H and O–H groups in total. The Balaban J connectivity index is 2.22. The van der Waals surface area contributed by atoms with E-state index in [9.17, 15) is 19.1 Å². The van der Waals surface area contributed by atoms with Gasteiger partial charge in [0.2, 0.25) is 0 Å². The average molecular weight is 525 g/mol. The summed E-state index contributed by atoms with van der Waals surface area (Å²) in [7, 11) is 1.35. The number of aromatic hydroxyl groups is 1. The quantitative estimate of drug-likeness (QED) is 0.369. The molecule has 0 aliphatic rings. The number of benzene rings is 1. The second-order valence-electron chi connectivity index (χ2n) is 8.81. The third-order valence-electron chi connectivity index (χ3n) is 5.92. The first-order valence-electron chi connectivity index (χ1n) is 11.9. The predicted molar refractivity (Wildman–Crippen MR) is 134 cm³/mol. The third kappa shape index (κ3) is 7.46. The van der Waals surface area contributed by atoms with E-state index in [0.29, 0.717) is 0 Å². The first-order valence-corrected chi connectivity index (χ1v) is 12.3. The van der Waals surface area contributed by atoms with Crippen molar-refractivity contribution in [3.05, 3.63) is 47.0 Å². The van der Waals surface area contributed by atoms with Crippen LogP contribution in [-0.2, 0) is 9.53 Å². The number of rotatable bonds is 12. The molecule has 1 heterocycles. The second-order valence-corrected chi connectivity index (χ2v) is 9.25. The molecule has 0 fully saturated rings. The van der Waals surface area contributed by atoms with Crippen LogP contribution in [0.3, 0.4) is 0 Å². The number of methoxy groups -OCH3 is 1. The Labute approximate surface area is 216 Å². The highest BCUT2D eigenvalue weighted by molar-refractivity contribution is 6.30. The minimum atomic E-state index is -1.03. The lowest BCUT2D eigenvalue weighted by Gasteiger charge is -2.32. The third-order valence-corrected chi connectivity index (χ3v) is 6.13. The van der Waals surface area contributed by atoms with Crippen LogP contribution in [0.25, 0.3) is 0 Å². The van der Waals surface area contributed by atoms with Crippen molar-refractivity contribution in [2.24, 2.45) is 11.8 Å². The SMILES string of the molecule is CCC(CC)[C@@H](Oc1cc(F)cc(Cl)c1)[C@H](C)OC(=O)[C@@H](NC(=O)c1nccc(OC)c1O)C(C)C. The molecule has 10 heteroatoms. The van der Waals surface area contributed by atoms with E-state index < -0.39 is 41.7 Å². The Morgan fingerprint density at radius 3 is 2.39 bits per heavy atom. The van der Waals surface area contributed by atoms with Crippen LogP contribution in [0.15, 0.2) is 30.5 Å². The molecule has 198 valence electrons. The molecular formula is C26H34ClFN2O6. The summed E-state index contributed by atoms with van der Waals surface area (Å²) in [5, 5.41) is 13.0. The van der Waals surface area contributed by atoms with Crippen LogP contribution in [0.5, 0.6) is 17.2 Å². The average Bonchev–Trinajstić information content (AvgIpc) is 2.81. The number of hydrogen-bond acceptors (Lipinski definition) is 7. The fraction of sp³-hybridized carbons (Fsp3) is 0.500. The van der Waals surface area contributed by atoms with Crippen molar-refractivity contribution < 1.29 is 33.3 Å². The van der Waals surface area contributed by atoms with Gasteiger partial charge in [-0.3, -0.25) is 4.79 Å². The summed E-state index contributed by atoms with van der Waals surface area (Å²) < 4.78 is 30.7. The number of pyridine rings is 1. The number of nitrogens with one attached hydrogen (secondary N) is 1. The molecule has 2 rings (SSSR count). The highest BCUT2D eigenvalue weighted by Crippen LogP contribution is 2.29. The highest BCUT2D eigenvalue weighted by atomic mass is 35.5. The highest BCUT2D eigenvalue weighted by Gasteiger charge is 2.34. The van der Waals surface area contributed by atoms with Crippen molar-refractivity contribution in [3.8, 4) is 17.2 Å². The minimum absolute atomic E-state index is 0.000125. The fourth-order valence-electron chi connectivity index (χ4n) is 3.88. The fourth-order valence-corrected chi connectivity index (χ4v) is 4.09. The maximum absolute atomic E-state index is 13.9. The number of esters is 1. The zero-order valence-corrected chi connectivity index (χ0v) is 22.1. The van der Waals surface area contributed by atoms with Crippen LogP contribution < -0.4 is 14.8 Å². The van der Waals surface area contributed by atoms with E-state index >= 15 is 0 Å². The topological polar surface area (TPSA) is 107 Å². The number of halogens is 2. The molecule has 1 aromatic carbocycles. The summed E-state index contributed by atoms with van der Waals surface area (Å²) in [5.41, 5.74) is -0.276. The lowest BCUT2D eigenvalue weighted by molar-refractivity contribution is -0.158. The molecule has 0 spiro atoms. The molecule has 0 bridgehead atoms. The summed E-state index contributed by atoms with van der Waals surface area (Å²) in [6, 6.07) is 4.28. The molecule has 3 atom stereocenters. The van der Waals surface area contributed by atoms with Gasteiger partial charge in [-0.25, -0.2) is 14.2 Å². The first kappa shape index (κ1) is 29.2. The van der Waals surface area contributed by atoms with Gasteiger partial charge in [-0.1, -0.05) is 39.3 Å². The van der Waals surface area contributed by atoms with Crippen molar-refractivity contribution in [2.45, 2.75) is 65.7 Å². The predicted octanol–water partition coefficient (Wildman–Crippen LogP) is 5.16. The normalized spacial score (nSPS) is 13.7. The summed E-state index contributed by atoms with van der Waals surface area (Å²) in [5.74, 6) is -2.43. The van der Waals surface area contributed by atoms with Crippen molar-refractivity contribution in [1.82, 2.24) is 10.3 Å². The van der Waals surface area contributed by atoms with E-state index in [2.05, 4.69) is 10.3 Å². The Bertz CT molecular complexity index is 1030. The van der Waals surface area contributed by atoms with E-state index in [-0.39, 0.29) is 34.1 Å². The van der Waals surface area contributed by atoms with Crippen LogP contribution in [0.1, 0.15) is 57.9 Å². The number of hydrogen-bond donors (Lipinski definition) is 2. The summed E-state index contributed by atoms with van der Waals surface area (Å²) in [4.78, 5) is 29.9. The maximum atomic E-state index is 13.9. The van der Waals surface area contributed by atoms with Gasteiger partial charge in [0.15, 0.2) is 17.2 Å². The number of aromatic nitrogens is 1. The Hall–Kier alpha value is -3.07. The molecule has 36 heavy (non-hydrogen) atoms. The summed E-state index contributed by atoms with van der Waals surface area (Å²) in [6.07, 6.45) is 1.46. The van der Waals surface area contributed by atoms with E-state index in [1.807, 2.05) is 13.8 Å². The molecule has 0 saturated heterocycles. The second kappa shape index (κ2) is 13.3. The number of carbonyl (C=O) groups excluding carboxylic acids is 2. The van der Waals surface area contributed by atoms with E-state index in [4.69, 9.17) is 25.8 Å².